The van der Waals surface area contributed by atoms with Gasteiger partial charge in [0.25, 0.3) is 5.92 Å². The Morgan fingerprint density at radius 2 is 1.74 bits per heavy atom. The summed E-state index contributed by atoms with van der Waals surface area (Å²) in [5.74, 6) is -2.51. The first kappa shape index (κ1) is 14.5. The Morgan fingerprint density at radius 1 is 1.21 bits per heavy atom. The van der Waals surface area contributed by atoms with Gasteiger partial charge in [-0.2, -0.15) is 0 Å². The summed E-state index contributed by atoms with van der Waals surface area (Å²) in [4.78, 5) is 15.4. The lowest BCUT2D eigenvalue weighted by Crippen LogP contribution is -2.63. The van der Waals surface area contributed by atoms with Gasteiger partial charge in [-0.3, -0.25) is 4.90 Å². The zero-order valence-corrected chi connectivity index (χ0v) is 11.8. The number of likely N-dealkylation sites (tertiary alicyclic amines) is 2. The standard InChI is InChI=1S/C13H22F2N2O2/c1-12(2,3)19-11(18)17-8-10(9-17)16-6-4-13(14,15)5-7-16/h10H,4-9H2,1-3H3. The largest absolute Gasteiger partial charge is 0.444 e. The molecule has 2 saturated heterocycles. The molecule has 19 heavy (non-hydrogen) atoms. The summed E-state index contributed by atoms with van der Waals surface area (Å²) in [5, 5.41) is 0. The summed E-state index contributed by atoms with van der Waals surface area (Å²) >= 11 is 0. The second kappa shape index (κ2) is 4.89. The molecule has 6 heteroatoms. The van der Waals surface area contributed by atoms with E-state index < -0.39 is 11.5 Å². The van der Waals surface area contributed by atoms with Gasteiger partial charge in [-0.1, -0.05) is 0 Å². The van der Waals surface area contributed by atoms with Crippen LogP contribution in [0.2, 0.25) is 0 Å². The number of hydrogen-bond acceptors (Lipinski definition) is 3. The van der Waals surface area contributed by atoms with Crippen LogP contribution in [-0.4, -0.2) is 59.6 Å². The van der Waals surface area contributed by atoms with Crippen molar-refractivity contribution in [1.29, 1.82) is 0 Å². The van der Waals surface area contributed by atoms with E-state index in [9.17, 15) is 13.6 Å². The van der Waals surface area contributed by atoms with Crippen LogP contribution in [0, 0.1) is 0 Å². The maximum atomic E-state index is 13.0. The SMILES string of the molecule is CC(C)(C)OC(=O)N1CC(N2CCC(F)(F)CC2)C1. The quantitative estimate of drug-likeness (QED) is 0.737. The number of ether oxygens (including phenoxy) is 1. The van der Waals surface area contributed by atoms with E-state index in [1.165, 1.54) is 0 Å². The Hall–Kier alpha value is -0.910. The van der Waals surface area contributed by atoms with E-state index in [0.717, 1.165) is 0 Å². The van der Waals surface area contributed by atoms with Gasteiger partial charge in [-0.05, 0) is 20.8 Å². The van der Waals surface area contributed by atoms with Crippen LogP contribution < -0.4 is 0 Å². The van der Waals surface area contributed by atoms with Gasteiger partial charge in [0.05, 0.1) is 0 Å². The van der Waals surface area contributed by atoms with E-state index in [-0.39, 0.29) is 25.0 Å². The van der Waals surface area contributed by atoms with Gasteiger partial charge in [-0.25, -0.2) is 13.6 Å². The molecule has 2 rings (SSSR count). The highest BCUT2D eigenvalue weighted by molar-refractivity contribution is 5.69. The smallest absolute Gasteiger partial charge is 0.410 e. The van der Waals surface area contributed by atoms with Crippen LogP contribution in [0.3, 0.4) is 0 Å². The van der Waals surface area contributed by atoms with Crippen molar-refractivity contribution < 1.29 is 18.3 Å². The number of nitrogens with zero attached hydrogens (tertiary/aromatic N) is 2. The molecule has 0 radical (unpaired) electrons. The molecule has 2 fully saturated rings. The van der Waals surface area contributed by atoms with Gasteiger partial charge in [0.1, 0.15) is 5.60 Å². The zero-order valence-electron chi connectivity index (χ0n) is 11.8. The lowest BCUT2D eigenvalue weighted by Gasteiger charge is -2.47. The minimum absolute atomic E-state index is 0.0735. The van der Waals surface area contributed by atoms with Crippen LogP contribution in [0.1, 0.15) is 33.6 Å². The van der Waals surface area contributed by atoms with Gasteiger partial charge >= 0.3 is 6.09 Å². The van der Waals surface area contributed by atoms with Crippen molar-refractivity contribution in [3.8, 4) is 0 Å². The molecule has 110 valence electrons. The van der Waals surface area contributed by atoms with Crippen molar-refractivity contribution >= 4 is 6.09 Å². The first-order chi connectivity index (χ1) is 8.66. The van der Waals surface area contributed by atoms with Crippen molar-refractivity contribution in [2.24, 2.45) is 0 Å². The molecule has 2 aliphatic rings. The van der Waals surface area contributed by atoms with Crippen LogP contribution in [0.4, 0.5) is 13.6 Å². The topological polar surface area (TPSA) is 32.8 Å². The van der Waals surface area contributed by atoms with Crippen LogP contribution >= 0.6 is 0 Å². The first-order valence-electron chi connectivity index (χ1n) is 6.76. The van der Waals surface area contributed by atoms with Crippen LogP contribution in [-0.2, 0) is 4.74 Å². The van der Waals surface area contributed by atoms with Crippen molar-refractivity contribution in [2.45, 2.75) is 51.2 Å². The Balaban J connectivity index is 1.73. The van der Waals surface area contributed by atoms with Gasteiger partial charge in [0.15, 0.2) is 0 Å². The third kappa shape index (κ3) is 3.78. The fraction of sp³-hybridized carbons (Fsp3) is 0.923. The molecule has 1 amide bonds. The Kier molecular flexibility index (Phi) is 3.73. The third-order valence-electron chi connectivity index (χ3n) is 3.56. The van der Waals surface area contributed by atoms with Crippen molar-refractivity contribution in [3.63, 3.8) is 0 Å². The average molecular weight is 276 g/mol. The molecular weight excluding hydrogens is 254 g/mol. The Bertz CT molecular complexity index is 339. The number of hydrogen-bond donors (Lipinski definition) is 0. The number of alkyl halides is 2. The van der Waals surface area contributed by atoms with Crippen LogP contribution in [0.5, 0.6) is 0 Å². The third-order valence-corrected chi connectivity index (χ3v) is 3.56. The van der Waals surface area contributed by atoms with E-state index in [0.29, 0.717) is 26.2 Å². The molecule has 0 atom stereocenters. The first-order valence-corrected chi connectivity index (χ1v) is 6.76. The molecule has 0 saturated carbocycles. The second-order valence-electron chi connectivity index (χ2n) is 6.43. The Labute approximate surface area is 112 Å². The summed E-state index contributed by atoms with van der Waals surface area (Å²) in [5.41, 5.74) is -0.491. The van der Waals surface area contributed by atoms with Crippen molar-refractivity contribution in [2.75, 3.05) is 26.2 Å². The van der Waals surface area contributed by atoms with E-state index in [1.54, 1.807) is 4.90 Å². The number of halogens is 2. The van der Waals surface area contributed by atoms with E-state index in [4.69, 9.17) is 4.74 Å². The molecule has 0 aromatic heterocycles. The summed E-state index contributed by atoms with van der Waals surface area (Å²) < 4.78 is 31.3. The molecule has 0 unspecified atom stereocenters. The summed E-state index contributed by atoms with van der Waals surface area (Å²) in [6.07, 6.45) is -0.461. The van der Waals surface area contributed by atoms with E-state index >= 15 is 0 Å². The lowest BCUT2D eigenvalue weighted by molar-refractivity contribution is -0.0810. The van der Waals surface area contributed by atoms with Gasteiger partial charge < -0.3 is 9.64 Å². The highest BCUT2D eigenvalue weighted by Gasteiger charge is 2.41. The number of carbonyl (C=O) groups excluding carboxylic acids is 1. The molecular formula is C13H22F2N2O2. The average Bonchev–Trinajstić information content (AvgIpc) is 2.15. The number of rotatable bonds is 1. The molecule has 0 aromatic rings. The molecule has 0 N–H and O–H groups in total. The van der Waals surface area contributed by atoms with Crippen LogP contribution in [0.25, 0.3) is 0 Å². The predicted octanol–water partition coefficient (Wildman–Crippen LogP) is 2.34. The fourth-order valence-electron chi connectivity index (χ4n) is 2.38. The van der Waals surface area contributed by atoms with Crippen LogP contribution in [0.15, 0.2) is 0 Å². The fourth-order valence-corrected chi connectivity index (χ4v) is 2.38. The van der Waals surface area contributed by atoms with Gasteiger partial charge in [0.2, 0.25) is 0 Å². The molecule has 2 aliphatic heterocycles. The zero-order chi connectivity index (χ0) is 14.3. The summed E-state index contributed by atoms with van der Waals surface area (Å²) in [7, 11) is 0. The molecule has 2 heterocycles. The highest BCUT2D eigenvalue weighted by Crippen LogP contribution is 2.30. The normalized spacial score (nSPS) is 25.0. The number of carbonyl (C=O) groups is 1. The highest BCUT2D eigenvalue weighted by atomic mass is 19.3. The Morgan fingerprint density at radius 3 is 2.21 bits per heavy atom. The summed E-state index contributed by atoms with van der Waals surface area (Å²) in [6.45, 7) is 7.49. The predicted molar refractivity (Wildman–Crippen MR) is 67.3 cm³/mol. The van der Waals surface area contributed by atoms with Crippen molar-refractivity contribution in [3.05, 3.63) is 0 Å². The number of amides is 1. The molecule has 0 aromatic carbocycles. The molecule has 4 nitrogen and oxygen atoms in total. The maximum absolute atomic E-state index is 13.0. The maximum Gasteiger partial charge on any atom is 0.410 e. The minimum Gasteiger partial charge on any atom is -0.444 e. The van der Waals surface area contributed by atoms with Gasteiger partial charge in [-0.15, -0.1) is 0 Å². The van der Waals surface area contributed by atoms with Crippen molar-refractivity contribution in [1.82, 2.24) is 9.80 Å². The molecule has 0 bridgehead atoms. The minimum atomic E-state index is -2.51. The molecule has 0 spiro atoms. The lowest BCUT2D eigenvalue weighted by atomic mass is 10.0. The number of piperidine rings is 1. The second-order valence-corrected chi connectivity index (χ2v) is 6.43. The monoisotopic (exact) mass is 276 g/mol. The molecule has 0 aliphatic carbocycles. The van der Waals surface area contributed by atoms with E-state index in [1.807, 2.05) is 20.8 Å². The summed E-state index contributed by atoms with van der Waals surface area (Å²) in [6, 6.07) is 0.212. The van der Waals surface area contributed by atoms with E-state index in [2.05, 4.69) is 4.90 Å². The van der Waals surface area contributed by atoms with Gasteiger partial charge in [0, 0.05) is 45.1 Å².